The predicted octanol–water partition coefficient (Wildman–Crippen LogP) is 4.13. The number of hydrogen-bond acceptors (Lipinski definition) is 6. The molecule has 0 saturated carbocycles. The van der Waals surface area contributed by atoms with E-state index in [0.29, 0.717) is 11.5 Å². The van der Waals surface area contributed by atoms with E-state index >= 15 is 0 Å². The lowest BCUT2D eigenvalue weighted by Crippen LogP contribution is -2.37. The maximum atomic E-state index is 13.0. The van der Waals surface area contributed by atoms with Gasteiger partial charge in [-0.2, -0.15) is 18.3 Å². The molecule has 0 aromatic carbocycles. The van der Waals surface area contributed by atoms with Crippen molar-refractivity contribution in [2.75, 3.05) is 38.2 Å². The molecule has 0 aliphatic carbocycles. The van der Waals surface area contributed by atoms with Gasteiger partial charge in [-0.3, -0.25) is 9.58 Å². The van der Waals surface area contributed by atoms with E-state index in [2.05, 4.69) is 25.3 Å². The number of pyridine rings is 2. The molecule has 4 heterocycles. The zero-order chi connectivity index (χ0) is 22.6. The van der Waals surface area contributed by atoms with E-state index in [0.717, 1.165) is 75.3 Å². The van der Waals surface area contributed by atoms with Gasteiger partial charge in [0, 0.05) is 44.1 Å². The summed E-state index contributed by atoms with van der Waals surface area (Å²) in [6.07, 6.45) is 1.37. The van der Waals surface area contributed by atoms with Crippen LogP contribution in [0.1, 0.15) is 17.5 Å². The number of hydrogen-bond donors (Lipinski definition) is 1. The van der Waals surface area contributed by atoms with Gasteiger partial charge in [-0.25, -0.2) is 9.97 Å². The molecule has 1 saturated heterocycles. The Bertz CT molecular complexity index is 1050. The molecule has 0 spiro atoms. The fourth-order valence-electron chi connectivity index (χ4n) is 3.58. The number of rotatable bonds is 7. The monoisotopic (exact) mass is 446 g/mol. The fourth-order valence-corrected chi connectivity index (χ4v) is 3.58. The molecule has 1 N–H and O–H groups in total. The van der Waals surface area contributed by atoms with Crippen molar-refractivity contribution < 1.29 is 17.9 Å². The minimum atomic E-state index is -4.43. The molecule has 1 fully saturated rings. The number of nitrogens with zero attached hydrogens (tertiary/aromatic N) is 5. The quantitative estimate of drug-likeness (QED) is 0.589. The third kappa shape index (κ3) is 5.83. The summed E-state index contributed by atoms with van der Waals surface area (Å²) in [4.78, 5) is 10.9. The highest BCUT2D eigenvalue weighted by Gasteiger charge is 2.30. The van der Waals surface area contributed by atoms with Gasteiger partial charge in [0.2, 0.25) is 0 Å². The van der Waals surface area contributed by atoms with Crippen LogP contribution in [0.25, 0.3) is 11.3 Å². The summed E-state index contributed by atoms with van der Waals surface area (Å²) < 4.78 is 46.2. The topological polar surface area (TPSA) is 68.1 Å². The van der Waals surface area contributed by atoms with Crippen molar-refractivity contribution in [3.05, 3.63) is 54.0 Å². The minimum Gasteiger partial charge on any atom is -0.379 e. The molecular formula is C22H25F3N6O. The molecular weight excluding hydrogens is 421 g/mol. The molecule has 0 amide bonds. The van der Waals surface area contributed by atoms with Crippen molar-refractivity contribution >= 4 is 11.6 Å². The van der Waals surface area contributed by atoms with Gasteiger partial charge in [0.25, 0.3) is 0 Å². The van der Waals surface area contributed by atoms with Crippen molar-refractivity contribution in [1.82, 2.24) is 24.6 Å². The summed E-state index contributed by atoms with van der Waals surface area (Å²) >= 11 is 0. The van der Waals surface area contributed by atoms with Crippen LogP contribution >= 0.6 is 0 Å². The second kappa shape index (κ2) is 9.66. The van der Waals surface area contributed by atoms with E-state index in [9.17, 15) is 13.2 Å². The third-order valence-corrected chi connectivity index (χ3v) is 5.21. The second-order valence-electron chi connectivity index (χ2n) is 7.77. The summed E-state index contributed by atoms with van der Waals surface area (Å²) in [5, 5.41) is 7.31. The number of anilines is 2. The molecule has 3 aromatic rings. The van der Waals surface area contributed by atoms with Gasteiger partial charge in [-0.1, -0.05) is 0 Å². The van der Waals surface area contributed by atoms with Gasteiger partial charge >= 0.3 is 6.18 Å². The second-order valence-corrected chi connectivity index (χ2v) is 7.77. The van der Waals surface area contributed by atoms with Crippen molar-refractivity contribution in [3.8, 4) is 11.3 Å². The van der Waals surface area contributed by atoms with Crippen molar-refractivity contribution in [1.29, 1.82) is 0 Å². The van der Waals surface area contributed by atoms with Crippen LogP contribution in [0.5, 0.6) is 0 Å². The molecule has 0 bridgehead atoms. The van der Waals surface area contributed by atoms with Crippen molar-refractivity contribution in [3.63, 3.8) is 0 Å². The Hall–Kier alpha value is -2.98. The molecule has 7 nitrogen and oxygen atoms in total. The Labute approximate surface area is 184 Å². The van der Waals surface area contributed by atoms with Crippen LogP contribution in [0.2, 0.25) is 0 Å². The molecule has 3 aromatic heterocycles. The van der Waals surface area contributed by atoms with Crippen LogP contribution in [-0.4, -0.2) is 57.5 Å². The number of alkyl halides is 3. The lowest BCUT2D eigenvalue weighted by Gasteiger charge is -2.26. The molecule has 170 valence electrons. The van der Waals surface area contributed by atoms with E-state index in [1.807, 2.05) is 23.9 Å². The smallest absolute Gasteiger partial charge is 0.379 e. The number of halogens is 3. The van der Waals surface area contributed by atoms with E-state index < -0.39 is 11.7 Å². The first-order valence-electron chi connectivity index (χ1n) is 10.5. The normalized spacial score (nSPS) is 15.1. The van der Waals surface area contributed by atoms with E-state index in [1.165, 1.54) is 0 Å². The number of ether oxygens (including phenoxy) is 1. The molecule has 32 heavy (non-hydrogen) atoms. The Balaban J connectivity index is 1.43. The zero-order valence-electron chi connectivity index (χ0n) is 17.8. The molecule has 0 radical (unpaired) electrons. The minimum absolute atomic E-state index is 0.0858. The van der Waals surface area contributed by atoms with E-state index in [4.69, 9.17) is 4.74 Å². The molecule has 1 aliphatic rings. The number of morpholine rings is 1. The molecule has 4 rings (SSSR count). The van der Waals surface area contributed by atoms with Gasteiger partial charge < -0.3 is 10.1 Å². The van der Waals surface area contributed by atoms with Crippen LogP contribution in [0.3, 0.4) is 0 Å². The van der Waals surface area contributed by atoms with Crippen LogP contribution in [0.15, 0.2) is 42.9 Å². The zero-order valence-corrected chi connectivity index (χ0v) is 17.8. The van der Waals surface area contributed by atoms with Crippen LogP contribution in [-0.2, 0) is 17.5 Å². The first-order valence-corrected chi connectivity index (χ1v) is 10.5. The van der Waals surface area contributed by atoms with Crippen molar-refractivity contribution in [2.24, 2.45) is 0 Å². The van der Waals surface area contributed by atoms with Crippen LogP contribution < -0.4 is 5.32 Å². The summed E-state index contributed by atoms with van der Waals surface area (Å²) in [5.41, 5.74) is 1.70. The first-order chi connectivity index (χ1) is 15.4. The van der Waals surface area contributed by atoms with Gasteiger partial charge in [-0.15, -0.1) is 0 Å². The first kappa shape index (κ1) is 22.2. The maximum absolute atomic E-state index is 13.0. The Morgan fingerprint density at radius 2 is 1.91 bits per heavy atom. The molecule has 10 heteroatoms. The van der Waals surface area contributed by atoms with Crippen LogP contribution in [0.4, 0.5) is 24.8 Å². The lowest BCUT2D eigenvalue weighted by molar-refractivity contribution is -0.137. The Kier molecular flexibility index (Phi) is 6.71. The van der Waals surface area contributed by atoms with E-state index in [-0.39, 0.29) is 5.82 Å². The highest BCUT2D eigenvalue weighted by molar-refractivity contribution is 5.63. The Morgan fingerprint density at radius 1 is 1.09 bits per heavy atom. The highest BCUT2D eigenvalue weighted by atomic mass is 19.4. The van der Waals surface area contributed by atoms with Crippen molar-refractivity contribution in [2.45, 2.75) is 26.1 Å². The van der Waals surface area contributed by atoms with E-state index in [1.54, 1.807) is 12.3 Å². The van der Waals surface area contributed by atoms with Gasteiger partial charge in [-0.05, 0) is 43.2 Å². The molecule has 0 atom stereocenters. The standard InChI is InChI=1S/C22H25F3N6O/c1-16-11-19(17-14-27-31(15-17)6-2-5-30-7-9-32-10-8-30)28-21(12-16)29-20-13-18(3-4-26-20)22(23,24)25/h3-4,11-15H,2,5-10H2,1H3,(H,26,28,29). The third-order valence-electron chi connectivity index (χ3n) is 5.21. The predicted molar refractivity (Wildman–Crippen MR) is 115 cm³/mol. The summed E-state index contributed by atoms with van der Waals surface area (Å²) in [6.45, 7) is 7.21. The molecule has 0 unspecified atom stereocenters. The van der Waals surface area contributed by atoms with Gasteiger partial charge in [0.05, 0.1) is 30.7 Å². The lowest BCUT2D eigenvalue weighted by atomic mass is 10.1. The number of nitrogens with one attached hydrogen (secondary N) is 1. The largest absolute Gasteiger partial charge is 0.416 e. The highest BCUT2D eigenvalue weighted by Crippen LogP contribution is 2.30. The SMILES string of the molecule is Cc1cc(Nc2cc(C(F)(F)F)ccn2)nc(-c2cnn(CCCN3CCOCC3)c2)c1. The summed E-state index contributed by atoms with van der Waals surface area (Å²) in [5.74, 6) is 0.509. The average Bonchev–Trinajstić information content (AvgIpc) is 3.23. The Morgan fingerprint density at radius 3 is 2.69 bits per heavy atom. The fraction of sp³-hybridized carbons (Fsp3) is 0.409. The summed E-state index contributed by atoms with van der Waals surface area (Å²) in [7, 11) is 0. The number of aryl methyl sites for hydroxylation is 2. The maximum Gasteiger partial charge on any atom is 0.416 e. The summed E-state index contributed by atoms with van der Waals surface area (Å²) in [6, 6.07) is 5.59. The van der Waals surface area contributed by atoms with Crippen LogP contribution in [0, 0.1) is 6.92 Å². The molecule has 1 aliphatic heterocycles. The average molecular weight is 446 g/mol. The van der Waals surface area contributed by atoms with Gasteiger partial charge in [0.15, 0.2) is 0 Å². The van der Waals surface area contributed by atoms with Gasteiger partial charge in [0.1, 0.15) is 11.6 Å². The number of aromatic nitrogens is 4.